The Morgan fingerprint density at radius 3 is 3.16 bits per heavy atom. The number of hydrogen-bond donors (Lipinski definition) is 2. The quantitative estimate of drug-likeness (QED) is 0.808. The monoisotopic (exact) mass is 265 g/mol. The first-order valence-electron chi connectivity index (χ1n) is 6.85. The van der Waals surface area contributed by atoms with Crippen LogP contribution in [0.4, 0.5) is 5.82 Å². The van der Waals surface area contributed by atoms with Gasteiger partial charge in [0.25, 0.3) is 0 Å². The lowest BCUT2D eigenvalue weighted by Crippen LogP contribution is -2.37. The molecule has 0 aliphatic carbocycles. The maximum Gasteiger partial charge on any atom is 0.229 e. The molecule has 0 spiro atoms. The van der Waals surface area contributed by atoms with Gasteiger partial charge in [0.05, 0.1) is 12.5 Å². The third-order valence-electron chi connectivity index (χ3n) is 3.34. The molecule has 6 heteroatoms. The van der Waals surface area contributed by atoms with Crippen molar-refractivity contribution in [3.8, 4) is 0 Å². The number of anilines is 1. The van der Waals surface area contributed by atoms with Gasteiger partial charge in [-0.15, -0.1) is 0 Å². The minimum atomic E-state index is 0.0701. The van der Waals surface area contributed by atoms with Crippen molar-refractivity contribution in [2.24, 2.45) is 5.92 Å². The second-order valence-corrected chi connectivity index (χ2v) is 5.30. The SMILES string of the molecule is CN(C)CCn1ccc(NC(=O)C2CCCNC2)n1. The normalized spacial score (nSPS) is 19.6. The van der Waals surface area contributed by atoms with E-state index in [9.17, 15) is 4.79 Å². The highest BCUT2D eigenvalue weighted by molar-refractivity contribution is 5.91. The lowest BCUT2D eigenvalue weighted by molar-refractivity contribution is -0.120. The summed E-state index contributed by atoms with van der Waals surface area (Å²) < 4.78 is 1.86. The van der Waals surface area contributed by atoms with Crippen molar-refractivity contribution in [3.63, 3.8) is 0 Å². The first-order valence-corrected chi connectivity index (χ1v) is 6.85. The van der Waals surface area contributed by atoms with E-state index in [4.69, 9.17) is 0 Å². The molecule has 6 nitrogen and oxygen atoms in total. The van der Waals surface area contributed by atoms with E-state index in [2.05, 4.69) is 20.6 Å². The van der Waals surface area contributed by atoms with Crippen molar-refractivity contribution in [2.45, 2.75) is 19.4 Å². The van der Waals surface area contributed by atoms with E-state index in [-0.39, 0.29) is 11.8 Å². The minimum Gasteiger partial charge on any atom is -0.316 e. The molecule has 1 amide bonds. The Kier molecular flexibility index (Phi) is 4.93. The molecule has 106 valence electrons. The van der Waals surface area contributed by atoms with Crippen LogP contribution in [0.25, 0.3) is 0 Å². The predicted octanol–water partition coefficient (Wildman–Crippen LogP) is 0.383. The molecule has 19 heavy (non-hydrogen) atoms. The van der Waals surface area contributed by atoms with Gasteiger partial charge >= 0.3 is 0 Å². The number of likely N-dealkylation sites (N-methyl/N-ethyl adjacent to an activating group) is 1. The van der Waals surface area contributed by atoms with Gasteiger partial charge in [0.15, 0.2) is 5.82 Å². The van der Waals surface area contributed by atoms with Crippen LogP contribution in [0.5, 0.6) is 0 Å². The van der Waals surface area contributed by atoms with Gasteiger partial charge in [0, 0.05) is 25.4 Å². The van der Waals surface area contributed by atoms with Crippen LogP contribution in [-0.2, 0) is 11.3 Å². The first kappa shape index (κ1) is 14.0. The zero-order valence-electron chi connectivity index (χ0n) is 11.7. The molecule has 1 aliphatic rings. The Morgan fingerprint density at radius 1 is 1.63 bits per heavy atom. The fraction of sp³-hybridized carbons (Fsp3) is 0.692. The number of carbonyl (C=O) groups excluding carboxylic acids is 1. The Labute approximate surface area is 114 Å². The number of rotatable bonds is 5. The van der Waals surface area contributed by atoms with Crippen LogP contribution in [0.15, 0.2) is 12.3 Å². The van der Waals surface area contributed by atoms with Crippen LogP contribution in [0.1, 0.15) is 12.8 Å². The van der Waals surface area contributed by atoms with Crippen molar-refractivity contribution in [2.75, 3.05) is 39.0 Å². The zero-order valence-corrected chi connectivity index (χ0v) is 11.7. The zero-order chi connectivity index (χ0) is 13.7. The van der Waals surface area contributed by atoms with Gasteiger partial charge in [-0.25, -0.2) is 0 Å². The summed E-state index contributed by atoms with van der Waals surface area (Å²) in [7, 11) is 4.06. The Hall–Kier alpha value is -1.40. The van der Waals surface area contributed by atoms with Crippen molar-refractivity contribution < 1.29 is 4.79 Å². The molecule has 1 aromatic rings. The molecular weight excluding hydrogens is 242 g/mol. The van der Waals surface area contributed by atoms with Crippen LogP contribution in [0.3, 0.4) is 0 Å². The molecule has 0 radical (unpaired) electrons. The van der Waals surface area contributed by atoms with E-state index >= 15 is 0 Å². The van der Waals surface area contributed by atoms with Gasteiger partial charge in [0.2, 0.25) is 5.91 Å². The average Bonchev–Trinajstić information content (AvgIpc) is 2.85. The van der Waals surface area contributed by atoms with Crippen molar-refractivity contribution in [3.05, 3.63) is 12.3 Å². The van der Waals surface area contributed by atoms with Crippen molar-refractivity contribution in [1.82, 2.24) is 20.0 Å². The summed E-state index contributed by atoms with van der Waals surface area (Å²) in [5.74, 6) is 0.792. The van der Waals surface area contributed by atoms with E-state index in [1.165, 1.54) is 0 Å². The number of hydrogen-bond acceptors (Lipinski definition) is 4. The summed E-state index contributed by atoms with van der Waals surface area (Å²) in [6, 6.07) is 1.85. The topological polar surface area (TPSA) is 62.2 Å². The smallest absolute Gasteiger partial charge is 0.229 e. The number of piperidine rings is 1. The Balaban J connectivity index is 1.83. The molecule has 1 aliphatic heterocycles. The predicted molar refractivity (Wildman–Crippen MR) is 75.0 cm³/mol. The first-order chi connectivity index (χ1) is 9.15. The second kappa shape index (κ2) is 6.68. The third-order valence-corrected chi connectivity index (χ3v) is 3.34. The fourth-order valence-corrected chi connectivity index (χ4v) is 2.16. The molecule has 2 rings (SSSR count). The average molecular weight is 265 g/mol. The number of carbonyl (C=O) groups is 1. The summed E-state index contributed by atoms with van der Waals surface area (Å²) in [6.45, 7) is 3.55. The highest BCUT2D eigenvalue weighted by Gasteiger charge is 2.21. The Bertz CT molecular complexity index is 409. The minimum absolute atomic E-state index is 0.0701. The second-order valence-electron chi connectivity index (χ2n) is 5.30. The molecule has 1 saturated heterocycles. The standard InChI is InChI=1S/C13H23N5O/c1-17(2)8-9-18-7-5-12(16-18)15-13(19)11-4-3-6-14-10-11/h5,7,11,14H,3-4,6,8-10H2,1-2H3,(H,15,16,19). The molecular formula is C13H23N5O. The number of amides is 1. The number of nitrogens with one attached hydrogen (secondary N) is 2. The highest BCUT2D eigenvalue weighted by atomic mass is 16.2. The summed E-state index contributed by atoms with van der Waals surface area (Å²) >= 11 is 0. The lowest BCUT2D eigenvalue weighted by Gasteiger charge is -2.21. The summed E-state index contributed by atoms with van der Waals surface area (Å²) in [6.07, 6.45) is 3.92. The van der Waals surface area contributed by atoms with Crippen molar-refractivity contribution in [1.29, 1.82) is 0 Å². The van der Waals surface area contributed by atoms with Gasteiger partial charge in [0.1, 0.15) is 0 Å². The van der Waals surface area contributed by atoms with E-state index in [0.717, 1.165) is 39.0 Å². The third kappa shape index (κ3) is 4.33. The maximum absolute atomic E-state index is 12.0. The van der Waals surface area contributed by atoms with Gasteiger partial charge in [-0.1, -0.05) is 0 Å². The largest absolute Gasteiger partial charge is 0.316 e. The molecule has 1 unspecified atom stereocenters. The summed E-state index contributed by atoms with van der Waals surface area (Å²) in [4.78, 5) is 14.1. The van der Waals surface area contributed by atoms with Crippen LogP contribution < -0.4 is 10.6 Å². The Morgan fingerprint density at radius 2 is 2.47 bits per heavy atom. The molecule has 2 heterocycles. The molecule has 1 fully saturated rings. The molecule has 0 saturated carbocycles. The van der Waals surface area contributed by atoms with Crippen LogP contribution in [0.2, 0.25) is 0 Å². The molecule has 0 bridgehead atoms. The number of aromatic nitrogens is 2. The molecule has 2 N–H and O–H groups in total. The number of nitrogens with zero attached hydrogens (tertiary/aromatic N) is 3. The lowest BCUT2D eigenvalue weighted by atomic mass is 9.99. The maximum atomic E-state index is 12.0. The molecule has 1 aromatic heterocycles. The van der Waals surface area contributed by atoms with E-state index in [1.807, 2.05) is 31.0 Å². The van der Waals surface area contributed by atoms with Crippen LogP contribution in [0, 0.1) is 5.92 Å². The van der Waals surface area contributed by atoms with E-state index < -0.39 is 0 Å². The van der Waals surface area contributed by atoms with Crippen LogP contribution >= 0.6 is 0 Å². The highest BCUT2D eigenvalue weighted by Crippen LogP contribution is 2.12. The van der Waals surface area contributed by atoms with Crippen molar-refractivity contribution >= 4 is 11.7 Å². The van der Waals surface area contributed by atoms with Gasteiger partial charge in [-0.2, -0.15) is 5.10 Å². The van der Waals surface area contributed by atoms with Gasteiger partial charge in [-0.05, 0) is 33.5 Å². The molecule has 1 atom stereocenters. The van der Waals surface area contributed by atoms with Gasteiger partial charge in [-0.3, -0.25) is 9.48 Å². The molecule has 0 aromatic carbocycles. The van der Waals surface area contributed by atoms with Gasteiger partial charge < -0.3 is 15.5 Å². The summed E-state index contributed by atoms with van der Waals surface area (Å²) in [5, 5.41) is 10.5. The summed E-state index contributed by atoms with van der Waals surface area (Å²) in [5.41, 5.74) is 0. The van der Waals surface area contributed by atoms with E-state index in [1.54, 1.807) is 0 Å². The van der Waals surface area contributed by atoms with E-state index in [0.29, 0.717) is 5.82 Å². The fourth-order valence-electron chi connectivity index (χ4n) is 2.16. The van der Waals surface area contributed by atoms with Crippen LogP contribution in [-0.4, -0.2) is 54.3 Å².